The molecule has 230 valence electrons. The summed E-state index contributed by atoms with van der Waals surface area (Å²) in [5, 5.41) is 7.76. The number of amides is 1. The molecule has 1 aliphatic heterocycles. The van der Waals surface area contributed by atoms with Crippen molar-refractivity contribution in [2.24, 2.45) is 0 Å². The van der Waals surface area contributed by atoms with Crippen LogP contribution in [0, 0.1) is 0 Å². The number of sulfonamides is 1. The molecule has 1 amide bonds. The second-order valence-electron chi connectivity index (χ2n) is 11.8. The van der Waals surface area contributed by atoms with Crippen LogP contribution in [0.4, 0.5) is 11.4 Å². The summed E-state index contributed by atoms with van der Waals surface area (Å²) in [5.41, 5.74) is 4.75. The Morgan fingerprint density at radius 1 is 1.02 bits per heavy atom. The summed E-state index contributed by atoms with van der Waals surface area (Å²) < 4.78 is 35.3. The maximum absolute atomic E-state index is 13.7. The molecule has 45 heavy (non-hydrogen) atoms. The second kappa shape index (κ2) is 11.3. The van der Waals surface area contributed by atoms with Crippen molar-refractivity contribution in [1.29, 1.82) is 0 Å². The molecule has 0 saturated heterocycles. The van der Waals surface area contributed by atoms with E-state index in [0.717, 1.165) is 59.1 Å². The Kier molecular flexibility index (Phi) is 7.25. The van der Waals surface area contributed by atoms with Gasteiger partial charge in [-0.15, -0.1) is 0 Å². The fraction of sp³-hybridized carbons (Fsp3) is 0.273. The molecular formula is C33H33N7O4S. The normalized spacial score (nSPS) is 15.2. The predicted octanol–water partition coefficient (Wildman–Crippen LogP) is 4.73. The number of aromatic nitrogens is 4. The van der Waals surface area contributed by atoms with Crippen molar-refractivity contribution < 1.29 is 17.9 Å². The monoisotopic (exact) mass is 623 g/mol. The van der Waals surface area contributed by atoms with Crippen LogP contribution >= 0.6 is 0 Å². The highest BCUT2D eigenvalue weighted by Gasteiger charge is 2.60. The fourth-order valence-corrected chi connectivity index (χ4v) is 7.06. The molecule has 5 aromatic rings. The van der Waals surface area contributed by atoms with Crippen molar-refractivity contribution in [1.82, 2.24) is 25.1 Å². The lowest BCUT2D eigenvalue weighted by Gasteiger charge is -2.17. The molecule has 4 heterocycles. The third kappa shape index (κ3) is 5.40. The standard InChI is InChI=1S/C33H33N7O4S/c1-39(2)13-6-14-44-31-28(38-45(42,43)25-7-4-3-5-8-25)16-24(19-35-31)23-9-10-27-26(15-23)30-29(20-34-27)40(21-22-17-36-37-18-22)32(41)33(30)11-12-33/h3-5,7-10,15-20,38H,6,11-14,21H2,1-2H3,(H,36,37). The molecular weight excluding hydrogens is 590 g/mol. The molecule has 7 rings (SSSR count). The first-order valence-electron chi connectivity index (χ1n) is 14.8. The predicted molar refractivity (Wildman–Crippen MR) is 172 cm³/mol. The number of hydrogen-bond donors (Lipinski definition) is 2. The first-order valence-corrected chi connectivity index (χ1v) is 16.3. The van der Waals surface area contributed by atoms with Gasteiger partial charge in [0, 0.05) is 41.0 Å². The summed E-state index contributed by atoms with van der Waals surface area (Å²) in [7, 11) is 0.0696. The summed E-state index contributed by atoms with van der Waals surface area (Å²) in [6.07, 6.45) is 9.33. The Balaban J connectivity index is 1.27. The maximum atomic E-state index is 13.7. The number of pyridine rings is 2. The van der Waals surface area contributed by atoms with Crippen molar-refractivity contribution in [3.8, 4) is 17.0 Å². The second-order valence-corrected chi connectivity index (χ2v) is 13.5. The van der Waals surface area contributed by atoms with Gasteiger partial charge in [0.1, 0.15) is 5.69 Å². The van der Waals surface area contributed by atoms with Crippen LogP contribution in [-0.2, 0) is 26.8 Å². The van der Waals surface area contributed by atoms with E-state index in [1.54, 1.807) is 61.2 Å². The van der Waals surface area contributed by atoms with E-state index < -0.39 is 15.4 Å². The van der Waals surface area contributed by atoms with E-state index >= 15 is 0 Å². The summed E-state index contributed by atoms with van der Waals surface area (Å²) >= 11 is 0. The zero-order valence-corrected chi connectivity index (χ0v) is 25.8. The molecule has 2 N–H and O–H groups in total. The van der Waals surface area contributed by atoms with Gasteiger partial charge in [-0.2, -0.15) is 5.10 Å². The molecule has 2 aromatic carbocycles. The average molecular weight is 624 g/mol. The number of anilines is 2. The highest BCUT2D eigenvalue weighted by Crippen LogP contribution is 2.59. The molecule has 0 atom stereocenters. The van der Waals surface area contributed by atoms with Crippen LogP contribution < -0.4 is 14.4 Å². The number of nitrogens with zero attached hydrogens (tertiary/aromatic N) is 5. The van der Waals surface area contributed by atoms with Crippen LogP contribution in [0.15, 0.2) is 84.3 Å². The van der Waals surface area contributed by atoms with Gasteiger partial charge in [-0.05, 0) is 69.3 Å². The van der Waals surface area contributed by atoms with Gasteiger partial charge in [-0.25, -0.2) is 13.4 Å². The molecule has 1 spiro atoms. The smallest absolute Gasteiger partial charge is 0.262 e. The Morgan fingerprint density at radius 3 is 2.58 bits per heavy atom. The Bertz CT molecular complexity index is 1990. The molecule has 0 radical (unpaired) electrons. The van der Waals surface area contributed by atoms with Crippen LogP contribution in [0.2, 0.25) is 0 Å². The lowest BCUT2D eigenvalue weighted by molar-refractivity contribution is -0.120. The van der Waals surface area contributed by atoms with Crippen molar-refractivity contribution >= 4 is 38.2 Å². The van der Waals surface area contributed by atoms with Gasteiger partial charge in [0.2, 0.25) is 11.8 Å². The SMILES string of the molecule is CN(C)CCCOc1ncc(-c2ccc3ncc4c(c3c2)C2(CC2)C(=O)N4Cc2cn[nH]c2)cc1NS(=O)(=O)c1ccccc1. The number of hydrogen-bond acceptors (Lipinski definition) is 8. The van der Waals surface area contributed by atoms with E-state index in [9.17, 15) is 13.2 Å². The first-order chi connectivity index (χ1) is 21.7. The quantitative estimate of drug-likeness (QED) is 0.202. The number of carbonyl (C=O) groups is 1. The molecule has 11 nitrogen and oxygen atoms in total. The van der Waals surface area contributed by atoms with Crippen molar-refractivity contribution in [3.05, 3.63) is 90.5 Å². The third-order valence-electron chi connectivity index (χ3n) is 8.39. The molecule has 3 aromatic heterocycles. The average Bonchev–Trinajstić information content (AvgIpc) is 3.60. The number of benzene rings is 2. The fourth-order valence-electron chi connectivity index (χ4n) is 5.99. The molecule has 1 aliphatic carbocycles. The Hall–Kier alpha value is -4.81. The molecule has 12 heteroatoms. The minimum Gasteiger partial charge on any atom is -0.476 e. The number of ether oxygens (including phenoxy) is 1. The summed E-state index contributed by atoms with van der Waals surface area (Å²) in [4.78, 5) is 27.0. The highest BCUT2D eigenvalue weighted by atomic mass is 32.2. The van der Waals surface area contributed by atoms with Gasteiger partial charge < -0.3 is 14.5 Å². The number of nitrogens with one attached hydrogen (secondary N) is 2. The number of H-pyrrole nitrogens is 1. The van der Waals surface area contributed by atoms with E-state index in [4.69, 9.17) is 9.72 Å². The highest BCUT2D eigenvalue weighted by molar-refractivity contribution is 7.92. The van der Waals surface area contributed by atoms with E-state index in [-0.39, 0.29) is 22.4 Å². The largest absolute Gasteiger partial charge is 0.476 e. The van der Waals surface area contributed by atoms with Crippen LogP contribution in [0.1, 0.15) is 30.4 Å². The minimum absolute atomic E-state index is 0.0912. The van der Waals surface area contributed by atoms with E-state index in [1.165, 1.54) is 0 Å². The van der Waals surface area contributed by atoms with Crippen molar-refractivity contribution in [3.63, 3.8) is 0 Å². The Morgan fingerprint density at radius 2 is 1.84 bits per heavy atom. The van der Waals surface area contributed by atoms with Crippen LogP contribution in [0.5, 0.6) is 5.88 Å². The van der Waals surface area contributed by atoms with Crippen LogP contribution in [0.25, 0.3) is 22.0 Å². The molecule has 1 saturated carbocycles. The number of aromatic amines is 1. The van der Waals surface area contributed by atoms with Crippen molar-refractivity contribution in [2.45, 2.75) is 36.1 Å². The molecule has 1 fully saturated rings. The molecule has 0 unspecified atom stereocenters. The molecule has 0 bridgehead atoms. The molecule has 2 aliphatic rings. The lowest BCUT2D eigenvalue weighted by Crippen LogP contribution is -2.31. The topological polar surface area (TPSA) is 133 Å². The first kappa shape index (κ1) is 28.9. The number of carbonyl (C=O) groups excluding carboxylic acids is 1. The van der Waals surface area contributed by atoms with Gasteiger partial charge >= 0.3 is 0 Å². The van der Waals surface area contributed by atoms with Crippen LogP contribution in [0.3, 0.4) is 0 Å². The maximum Gasteiger partial charge on any atom is 0.262 e. The van der Waals surface area contributed by atoms with Gasteiger partial charge in [-0.3, -0.25) is 19.6 Å². The number of rotatable bonds is 11. The minimum atomic E-state index is -3.90. The zero-order valence-electron chi connectivity index (χ0n) is 25.0. The van der Waals surface area contributed by atoms with Gasteiger partial charge in [0.05, 0.1) is 47.1 Å². The lowest BCUT2D eigenvalue weighted by atomic mass is 9.92. The Labute approximate surface area is 261 Å². The number of fused-ring (bicyclic) bond motifs is 4. The third-order valence-corrected chi connectivity index (χ3v) is 9.77. The van der Waals surface area contributed by atoms with E-state index in [0.29, 0.717) is 18.7 Å². The summed E-state index contributed by atoms with van der Waals surface area (Å²) in [6.45, 7) is 1.62. The van der Waals surface area contributed by atoms with Gasteiger partial charge in [-0.1, -0.05) is 24.3 Å². The summed E-state index contributed by atoms with van der Waals surface area (Å²) in [6, 6.07) is 15.8. The van der Waals surface area contributed by atoms with Gasteiger partial charge in [0.25, 0.3) is 10.0 Å². The zero-order chi connectivity index (χ0) is 31.2. The van der Waals surface area contributed by atoms with Crippen molar-refractivity contribution in [2.75, 3.05) is 36.9 Å². The van der Waals surface area contributed by atoms with Gasteiger partial charge in [0.15, 0.2) is 0 Å². The van der Waals surface area contributed by atoms with E-state index in [1.807, 2.05) is 37.2 Å². The van der Waals surface area contributed by atoms with E-state index in [2.05, 4.69) is 24.8 Å². The van der Waals surface area contributed by atoms with Crippen LogP contribution in [-0.4, -0.2) is 66.6 Å². The summed E-state index contributed by atoms with van der Waals surface area (Å²) in [5.74, 6) is 0.297.